The lowest BCUT2D eigenvalue weighted by molar-refractivity contribution is -0.384. The maximum Gasteiger partial charge on any atom is 0.329 e. The van der Waals surface area contributed by atoms with Crippen molar-refractivity contribution in [3.8, 4) is 11.5 Å². The molecule has 0 spiro atoms. The summed E-state index contributed by atoms with van der Waals surface area (Å²) < 4.78 is 9.97. The fourth-order valence-corrected chi connectivity index (χ4v) is 1.77. The highest BCUT2D eigenvalue weighted by Gasteiger charge is 2.23. The van der Waals surface area contributed by atoms with Crippen molar-refractivity contribution in [3.63, 3.8) is 0 Å². The summed E-state index contributed by atoms with van der Waals surface area (Å²) in [5.74, 6) is -1.29. The summed E-state index contributed by atoms with van der Waals surface area (Å²) in [5, 5.41) is 26.8. The second-order valence-corrected chi connectivity index (χ2v) is 4.19. The predicted molar refractivity (Wildman–Crippen MR) is 68.7 cm³/mol. The number of carboxylic acids is 1. The van der Waals surface area contributed by atoms with Gasteiger partial charge in [-0.15, -0.1) is 10.2 Å². The summed E-state index contributed by atoms with van der Waals surface area (Å²) in [6, 6.07) is 4.14. The molecule has 2 rings (SSSR count). The zero-order chi connectivity index (χ0) is 15.4. The maximum absolute atomic E-state index is 11.0. The van der Waals surface area contributed by atoms with Gasteiger partial charge in [0.1, 0.15) is 18.8 Å². The molecule has 0 atom stereocenters. The van der Waals surface area contributed by atoms with Crippen LogP contribution in [0.1, 0.15) is 5.89 Å². The number of nitro groups is 1. The molecule has 0 fully saturated rings. The van der Waals surface area contributed by atoms with Crippen LogP contribution in [0.3, 0.4) is 0 Å². The van der Waals surface area contributed by atoms with Crippen molar-refractivity contribution >= 4 is 23.3 Å². The van der Waals surface area contributed by atoms with E-state index < -0.39 is 17.5 Å². The lowest BCUT2D eigenvalue weighted by atomic mass is 10.2. The van der Waals surface area contributed by atoms with E-state index in [9.17, 15) is 14.9 Å². The zero-order valence-electron chi connectivity index (χ0n) is 10.4. The Labute approximate surface area is 122 Å². The van der Waals surface area contributed by atoms with E-state index in [0.29, 0.717) is 0 Å². The molecule has 2 aromatic rings. The third kappa shape index (κ3) is 3.52. The molecule has 0 radical (unpaired) electrons. The summed E-state index contributed by atoms with van der Waals surface area (Å²) in [6.07, 6.45) is 0. The van der Waals surface area contributed by atoms with Gasteiger partial charge in [0.25, 0.3) is 11.6 Å². The summed E-state index contributed by atoms with van der Waals surface area (Å²) in [7, 11) is 0. The number of ether oxygens (including phenoxy) is 1. The fourth-order valence-electron chi connectivity index (χ4n) is 1.52. The first-order chi connectivity index (χ1) is 9.99. The third-order valence-corrected chi connectivity index (χ3v) is 2.64. The fraction of sp³-hybridized carbons (Fsp3) is 0.182. The van der Waals surface area contributed by atoms with Crippen LogP contribution >= 0.6 is 11.6 Å². The Morgan fingerprint density at radius 2 is 2.24 bits per heavy atom. The van der Waals surface area contributed by atoms with Crippen molar-refractivity contribution in [1.82, 2.24) is 10.2 Å². The molecule has 0 bridgehead atoms. The summed E-state index contributed by atoms with van der Waals surface area (Å²) in [5.41, 5.74) is -0.273. The molecular formula is C11H8ClN3O6. The van der Waals surface area contributed by atoms with Gasteiger partial charge >= 0.3 is 5.97 Å². The average Bonchev–Trinajstić information content (AvgIpc) is 2.86. The smallest absolute Gasteiger partial charge is 0.329 e. The molecular weight excluding hydrogens is 306 g/mol. The number of halogens is 1. The Bertz CT molecular complexity index is 686. The quantitative estimate of drug-likeness (QED) is 0.632. The molecule has 0 saturated carbocycles. The van der Waals surface area contributed by atoms with E-state index in [-0.39, 0.29) is 34.7 Å². The highest BCUT2D eigenvalue weighted by atomic mass is 35.5. The monoisotopic (exact) mass is 313 g/mol. The molecule has 9 nitrogen and oxygen atoms in total. The number of benzene rings is 1. The molecule has 0 amide bonds. The lowest BCUT2D eigenvalue weighted by Crippen LogP contribution is -2.06. The number of aliphatic carboxylic acids is 1. The van der Waals surface area contributed by atoms with Crippen LogP contribution in [0.5, 0.6) is 0 Å². The number of hydrogen-bond acceptors (Lipinski definition) is 7. The zero-order valence-corrected chi connectivity index (χ0v) is 11.1. The van der Waals surface area contributed by atoms with Gasteiger partial charge in [-0.25, -0.2) is 4.79 Å². The number of nitrogens with zero attached hydrogens (tertiary/aromatic N) is 3. The first-order valence-electron chi connectivity index (χ1n) is 5.54. The van der Waals surface area contributed by atoms with E-state index in [1.807, 2.05) is 0 Å². The third-order valence-electron chi connectivity index (χ3n) is 2.32. The van der Waals surface area contributed by atoms with E-state index in [1.54, 1.807) is 0 Å². The molecule has 0 unspecified atom stereocenters. The molecule has 110 valence electrons. The number of carbonyl (C=O) groups is 1. The van der Waals surface area contributed by atoms with E-state index in [2.05, 4.69) is 10.2 Å². The van der Waals surface area contributed by atoms with Crippen LogP contribution in [0.15, 0.2) is 22.6 Å². The standard InChI is InChI=1S/C11H8ClN3O6/c12-6-2-1-3-7(15(18)19)10(6)11-14-13-8(21-11)4-20-5-9(16)17/h1-3H,4-5H2,(H,16,17). The second kappa shape index (κ2) is 6.29. The first-order valence-corrected chi connectivity index (χ1v) is 5.92. The predicted octanol–water partition coefficient (Wildman–Crippen LogP) is 1.90. The van der Waals surface area contributed by atoms with Gasteiger partial charge in [-0.05, 0) is 6.07 Å². The van der Waals surface area contributed by atoms with Crippen LogP contribution in [0.25, 0.3) is 11.5 Å². The number of nitro benzene ring substituents is 1. The van der Waals surface area contributed by atoms with Crippen molar-refractivity contribution in [2.75, 3.05) is 6.61 Å². The number of rotatable bonds is 6. The van der Waals surface area contributed by atoms with Gasteiger partial charge in [0.05, 0.1) is 9.95 Å². The summed E-state index contributed by atoms with van der Waals surface area (Å²) in [6.45, 7) is -0.749. The highest BCUT2D eigenvalue weighted by molar-refractivity contribution is 6.33. The van der Waals surface area contributed by atoms with Crippen molar-refractivity contribution in [2.24, 2.45) is 0 Å². The van der Waals surface area contributed by atoms with Crippen LogP contribution in [0, 0.1) is 10.1 Å². The summed E-state index contributed by atoms with van der Waals surface area (Å²) >= 11 is 5.92. The Morgan fingerprint density at radius 3 is 2.90 bits per heavy atom. The normalized spacial score (nSPS) is 10.5. The SMILES string of the molecule is O=C(O)COCc1nnc(-c2c(Cl)cccc2[N+](=O)[O-])o1. The van der Waals surface area contributed by atoms with Crippen LogP contribution in [-0.4, -0.2) is 32.8 Å². The minimum absolute atomic E-state index is 0.00107. The van der Waals surface area contributed by atoms with E-state index in [4.69, 9.17) is 25.9 Å². The Hall–Kier alpha value is -2.52. The van der Waals surface area contributed by atoms with Gasteiger partial charge in [0, 0.05) is 6.07 Å². The maximum atomic E-state index is 11.0. The van der Waals surface area contributed by atoms with Gasteiger partial charge in [0.15, 0.2) is 0 Å². The van der Waals surface area contributed by atoms with Crippen LogP contribution < -0.4 is 0 Å². The minimum Gasteiger partial charge on any atom is -0.480 e. The molecule has 21 heavy (non-hydrogen) atoms. The van der Waals surface area contributed by atoms with Crippen molar-refractivity contribution in [3.05, 3.63) is 39.2 Å². The molecule has 0 aliphatic carbocycles. The molecule has 0 aliphatic rings. The average molecular weight is 314 g/mol. The Morgan fingerprint density at radius 1 is 1.48 bits per heavy atom. The number of hydrogen-bond donors (Lipinski definition) is 1. The van der Waals surface area contributed by atoms with Crippen molar-refractivity contribution in [2.45, 2.75) is 6.61 Å². The molecule has 1 N–H and O–H groups in total. The Kier molecular flexibility index (Phi) is 4.45. The second-order valence-electron chi connectivity index (χ2n) is 3.78. The Balaban J connectivity index is 2.25. The molecule has 1 aromatic carbocycles. The van der Waals surface area contributed by atoms with E-state index >= 15 is 0 Å². The van der Waals surface area contributed by atoms with Gasteiger partial charge in [0.2, 0.25) is 5.89 Å². The van der Waals surface area contributed by atoms with Crippen molar-refractivity contribution in [1.29, 1.82) is 0 Å². The topological polar surface area (TPSA) is 129 Å². The van der Waals surface area contributed by atoms with Gasteiger partial charge in [-0.2, -0.15) is 0 Å². The van der Waals surface area contributed by atoms with Crippen LogP contribution in [-0.2, 0) is 16.1 Å². The van der Waals surface area contributed by atoms with Crippen LogP contribution in [0.4, 0.5) is 5.69 Å². The van der Waals surface area contributed by atoms with Gasteiger partial charge < -0.3 is 14.3 Å². The molecule has 0 aliphatic heterocycles. The van der Waals surface area contributed by atoms with Crippen LogP contribution in [0.2, 0.25) is 5.02 Å². The number of aromatic nitrogens is 2. The molecule has 1 heterocycles. The van der Waals surface area contributed by atoms with Gasteiger partial charge in [-0.3, -0.25) is 10.1 Å². The molecule has 1 aromatic heterocycles. The first kappa shape index (κ1) is 14.9. The minimum atomic E-state index is -1.14. The van der Waals surface area contributed by atoms with E-state index in [1.165, 1.54) is 18.2 Å². The lowest BCUT2D eigenvalue weighted by Gasteiger charge is -2.00. The highest BCUT2D eigenvalue weighted by Crippen LogP contribution is 2.35. The largest absolute Gasteiger partial charge is 0.480 e. The number of carboxylic acid groups (broad SMARTS) is 1. The summed E-state index contributed by atoms with van der Waals surface area (Å²) in [4.78, 5) is 20.6. The van der Waals surface area contributed by atoms with E-state index in [0.717, 1.165) is 0 Å². The molecule has 0 saturated heterocycles. The van der Waals surface area contributed by atoms with Crippen molar-refractivity contribution < 1.29 is 24.0 Å². The molecule has 10 heteroatoms. The van der Waals surface area contributed by atoms with Gasteiger partial charge in [-0.1, -0.05) is 17.7 Å².